The number of hydrogen-bond donors (Lipinski definition) is 1. The first-order valence-corrected chi connectivity index (χ1v) is 7.22. The van der Waals surface area contributed by atoms with Gasteiger partial charge in [-0.1, -0.05) is 12.1 Å². The fourth-order valence-electron chi connectivity index (χ4n) is 2.39. The van der Waals surface area contributed by atoms with Crippen molar-refractivity contribution in [1.82, 2.24) is 5.32 Å². The van der Waals surface area contributed by atoms with Gasteiger partial charge in [0.25, 0.3) is 0 Å². The summed E-state index contributed by atoms with van der Waals surface area (Å²) in [6.07, 6.45) is 0. The van der Waals surface area contributed by atoms with Crippen LogP contribution in [0, 0.1) is 0 Å². The molecule has 1 N–H and O–H groups in total. The van der Waals surface area contributed by atoms with Crippen LogP contribution in [0.5, 0.6) is 17.2 Å². The molecule has 22 heavy (non-hydrogen) atoms. The Kier molecular flexibility index (Phi) is 5.28. The number of hydrogen-bond acceptors (Lipinski definition) is 4. The molecule has 0 heterocycles. The highest BCUT2D eigenvalue weighted by molar-refractivity contribution is 5.73. The first-order chi connectivity index (χ1) is 10.6. The maximum atomic E-state index is 5.51. The summed E-state index contributed by atoms with van der Waals surface area (Å²) in [7, 11) is 6.90. The molecule has 0 aliphatic carbocycles. The molecule has 1 unspecified atom stereocenters. The molecule has 0 saturated heterocycles. The van der Waals surface area contributed by atoms with Crippen LogP contribution < -0.4 is 19.5 Å². The van der Waals surface area contributed by atoms with Crippen molar-refractivity contribution >= 4 is 0 Å². The number of methoxy groups -OCH3 is 3. The zero-order valence-electron chi connectivity index (χ0n) is 13.8. The van der Waals surface area contributed by atoms with E-state index in [0.717, 1.165) is 16.9 Å². The van der Waals surface area contributed by atoms with Gasteiger partial charge in [-0.15, -0.1) is 0 Å². The average molecular weight is 301 g/mol. The molecule has 0 aromatic heterocycles. The van der Waals surface area contributed by atoms with Gasteiger partial charge < -0.3 is 19.5 Å². The number of benzene rings is 2. The topological polar surface area (TPSA) is 39.7 Å². The van der Waals surface area contributed by atoms with Crippen LogP contribution in [0.3, 0.4) is 0 Å². The van der Waals surface area contributed by atoms with Crippen molar-refractivity contribution in [2.45, 2.75) is 13.0 Å². The Morgan fingerprint density at radius 2 is 1.45 bits per heavy atom. The molecule has 1 atom stereocenters. The lowest BCUT2D eigenvalue weighted by molar-refractivity contribution is 0.355. The molecule has 0 spiro atoms. The zero-order valence-corrected chi connectivity index (χ0v) is 13.8. The number of ether oxygens (including phenoxy) is 3. The number of rotatable bonds is 6. The lowest BCUT2D eigenvalue weighted by Crippen LogP contribution is -2.12. The van der Waals surface area contributed by atoms with E-state index in [-0.39, 0.29) is 6.04 Å². The summed E-state index contributed by atoms with van der Waals surface area (Å²) in [5.41, 5.74) is 3.26. The summed E-state index contributed by atoms with van der Waals surface area (Å²) in [5.74, 6) is 2.25. The Balaban J connectivity index is 2.54. The van der Waals surface area contributed by atoms with Crippen LogP contribution >= 0.6 is 0 Å². The standard InChI is InChI=1S/C18H23NO3/c1-12(19-2)13-6-8-16(20-3)15(10-13)14-7-9-17(21-4)18(11-14)22-5/h6-12,19H,1-5H3. The molecule has 2 rings (SSSR count). The highest BCUT2D eigenvalue weighted by Gasteiger charge is 2.12. The average Bonchev–Trinajstić information content (AvgIpc) is 2.59. The first-order valence-electron chi connectivity index (χ1n) is 7.22. The minimum atomic E-state index is 0.268. The highest BCUT2D eigenvalue weighted by atomic mass is 16.5. The van der Waals surface area contributed by atoms with Crippen molar-refractivity contribution in [3.05, 3.63) is 42.0 Å². The lowest BCUT2D eigenvalue weighted by Gasteiger charge is -2.16. The summed E-state index contributed by atoms with van der Waals surface area (Å²) in [6, 6.07) is 12.4. The van der Waals surface area contributed by atoms with E-state index in [1.807, 2.05) is 31.3 Å². The van der Waals surface area contributed by atoms with Crippen LogP contribution in [0.1, 0.15) is 18.5 Å². The van der Waals surface area contributed by atoms with Gasteiger partial charge >= 0.3 is 0 Å². The van der Waals surface area contributed by atoms with E-state index in [0.29, 0.717) is 11.5 Å². The van der Waals surface area contributed by atoms with E-state index in [1.54, 1.807) is 21.3 Å². The van der Waals surface area contributed by atoms with Gasteiger partial charge in [0, 0.05) is 11.6 Å². The second-order valence-electron chi connectivity index (χ2n) is 5.04. The van der Waals surface area contributed by atoms with Crippen molar-refractivity contribution in [1.29, 1.82) is 0 Å². The predicted molar refractivity (Wildman–Crippen MR) is 89.0 cm³/mol. The van der Waals surface area contributed by atoms with Gasteiger partial charge in [0.2, 0.25) is 0 Å². The van der Waals surface area contributed by atoms with Crippen LogP contribution in [-0.4, -0.2) is 28.4 Å². The van der Waals surface area contributed by atoms with Gasteiger partial charge in [0.1, 0.15) is 5.75 Å². The third-order valence-corrected chi connectivity index (χ3v) is 3.85. The molecule has 0 saturated carbocycles. The molecule has 2 aromatic carbocycles. The van der Waals surface area contributed by atoms with Crippen LogP contribution in [0.2, 0.25) is 0 Å². The van der Waals surface area contributed by atoms with E-state index >= 15 is 0 Å². The van der Waals surface area contributed by atoms with E-state index in [2.05, 4.69) is 24.4 Å². The Morgan fingerprint density at radius 3 is 2.05 bits per heavy atom. The fourth-order valence-corrected chi connectivity index (χ4v) is 2.39. The summed E-state index contributed by atoms with van der Waals surface area (Å²) in [5, 5.41) is 3.25. The molecule has 0 aliphatic rings. The minimum Gasteiger partial charge on any atom is -0.496 e. The third-order valence-electron chi connectivity index (χ3n) is 3.85. The molecule has 4 heteroatoms. The van der Waals surface area contributed by atoms with Crippen LogP contribution in [0.25, 0.3) is 11.1 Å². The third kappa shape index (κ3) is 3.17. The predicted octanol–water partition coefficient (Wildman–Crippen LogP) is 3.66. The van der Waals surface area contributed by atoms with Gasteiger partial charge in [-0.2, -0.15) is 0 Å². The molecule has 0 fully saturated rings. The lowest BCUT2D eigenvalue weighted by atomic mass is 9.98. The maximum absolute atomic E-state index is 5.51. The summed E-state index contributed by atoms with van der Waals surface area (Å²) in [6.45, 7) is 2.13. The SMILES string of the molecule is CNC(C)c1ccc(OC)c(-c2ccc(OC)c(OC)c2)c1. The van der Waals surface area contributed by atoms with Crippen molar-refractivity contribution in [2.75, 3.05) is 28.4 Å². The van der Waals surface area contributed by atoms with Gasteiger partial charge in [-0.3, -0.25) is 0 Å². The van der Waals surface area contributed by atoms with E-state index in [1.165, 1.54) is 5.56 Å². The molecule has 118 valence electrons. The van der Waals surface area contributed by atoms with E-state index in [4.69, 9.17) is 14.2 Å². The molecular formula is C18H23NO3. The van der Waals surface area contributed by atoms with Gasteiger partial charge in [0.15, 0.2) is 11.5 Å². The Labute approximate surface area is 132 Å². The molecule has 2 aromatic rings. The first kappa shape index (κ1) is 16.2. The summed E-state index contributed by atoms with van der Waals surface area (Å²) >= 11 is 0. The quantitative estimate of drug-likeness (QED) is 0.884. The monoisotopic (exact) mass is 301 g/mol. The van der Waals surface area contributed by atoms with Crippen molar-refractivity contribution in [2.24, 2.45) is 0 Å². The van der Waals surface area contributed by atoms with E-state index in [9.17, 15) is 0 Å². The molecule has 0 amide bonds. The molecular weight excluding hydrogens is 278 g/mol. The van der Waals surface area contributed by atoms with E-state index < -0.39 is 0 Å². The normalized spacial score (nSPS) is 11.9. The Hall–Kier alpha value is -2.20. The van der Waals surface area contributed by atoms with Gasteiger partial charge in [-0.05, 0) is 49.4 Å². The Bertz CT molecular complexity index is 640. The Morgan fingerprint density at radius 1 is 0.818 bits per heavy atom. The van der Waals surface area contributed by atoms with Crippen LogP contribution in [0.15, 0.2) is 36.4 Å². The largest absolute Gasteiger partial charge is 0.496 e. The number of nitrogens with one attached hydrogen (secondary N) is 1. The summed E-state index contributed by atoms with van der Waals surface area (Å²) < 4.78 is 16.2. The van der Waals surface area contributed by atoms with Gasteiger partial charge in [0.05, 0.1) is 21.3 Å². The molecule has 0 radical (unpaired) electrons. The molecule has 0 bridgehead atoms. The second-order valence-corrected chi connectivity index (χ2v) is 5.04. The van der Waals surface area contributed by atoms with Gasteiger partial charge in [-0.25, -0.2) is 0 Å². The van der Waals surface area contributed by atoms with Crippen molar-refractivity contribution in [3.8, 4) is 28.4 Å². The van der Waals surface area contributed by atoms with Crippen molar-refractivity contribution in [3.63, 3.8) is 0 Å². The summed E-state index contributed by atoms with van der Waals surface area (Å²) in [4.78, 5) is 0. The minimum absolute atomic E-state index is 0.268. The smallest absolute Gasteiger partial charge is 0.161 e. The maximum Gasteiger partial charge on any atom is 0.161 e. The zero-order chi connectivity index (χ0) is 16.1. The van der Waals surface area contributed by atoms with Crippen molar-refractivity contribution < 1.29 is 14.2 Å². The highest BCUT2D eigenvalue weighted by Crippen LogP contribution is 2.37. The fraction of sp³-hybridized carbons (Fsp3) is 0.333. The molecule has 0 aliphatic heterocycles. The molecule has 4 nitrogen and oxygen atoms in total. The van der Waals surface area contributed by atoms with Crippen LogP contribution in [0.4, 0.5) is 0 Å². The second kappa shape index (κ2) is 7.18. The van der Waals surface area contributed by atoms with Crippen LogP contribution in [-0.2, 0) is 0 Å².